The van der Waals surface area contributed by atoms with E-state index in [4.69, 9.17) is 11.5 Å². The van der Waals surface area contributed by atoms with E-state index in [0.717, 1.165) is 17.5 Å². The summed E-state index contributed by atoms with van der Waals surface area (Å²) in [6.07, 6.45) is 4.90. The fraction of sp³-hybridized carbons (Fsp3) is 0.312. The molecule has 112 valence electrons. The Bertz CT molecular complexity index is 393. The molecule has 5 N–H and O–H groups in total. The molecule has 1 aromatic rings. The number of allylic oxidation sites excluding steroid dienone is 3. The van der Waals surface area contributed by atoms with Crippen molar-refractivity contribution in [1.29, 1.82) is 0 Å². The van der Waals surface area contributed by atoms with Gasteiger partial charge in [0, 0.05) is 19.2 Å². The number of carbonyl (C=O) groups excluding carboxylic acids is 1. The minimum atomic E-state index is 0.529. The van der Waals surface area contributed by atoms with E-state index >= 15 is 0 Å². The van der Waals surface area contributed by atoms with E-state index in [1.165, 1.54) is 0 Å². The van der Waals surface area contributed by atoms with Gasteiger partial charge in [-0.05, 0) is 24.6 Å². The van der Waals surface area contributed by atoms with Crippen molar-refractivity contribution in [1.82, 2.24) is 5.32 Å². The highest BCUT2D eigenvalue weighted by Gasteiger charge is 1.84. The summed E-state index contributed by atoms with van der Waals surface area (Å²) >= 11 is 0. The summed E-state index contributed by atoms with van der Waals surface area (Å²) in [7, 11) is 1.76. The van der Waals surface area contributed by atoms with Crippen LogP contribution in [-0.2, 0) is 11.2 Å². The van der Waals surface area contributed by atoms with E-state index in [9.17, 15) is 4.79 Å². The smallest absolute Gasteiger partial charge is 0.124 e. The van der Waals surface area contributed by atoms with Crippen molar-refractivity contribution in [3.8, 4) is 0 Å². The Morgan fingerprint density at radius 2 is 1.70 bits per heavy atom. The molecule has 0 heterocycles. The maximum atomic E-state index is 9.97. The van der Waals surface area contributed by atoms with Crippen LogP contribution in [0.2, 0.25) is 0 Å². The first kappa shape index (κ1) is 20.1. The van der Waals surface area contributed by atoms with Crippen LogP contribution in [0.1, 0.15) is 26.3 Å². The summed E-state index contributed by atoms with van der Waals surface area (Å²) < 4.78 is 0. The van der Waals surface area contributed by atoms with Crippen molar-refractivity contribution in [3.63, 3.8) is 0 Å². The lowest BCUT2D eigenvalue weighted by Gasteiger charge is -1.94. The Kier molecular flexibility index (Phi) is 14.9. The van der Waals surface area contributed by atoms with Crippen LogP contribution in [0.4, 0.5) is 0 Å². The fourth-order valence-electron chi connectivity index (χ4n) is 1.01. The van der Waals surface area contributed by atoms with Crippen LogP contribution < -0.4 is 16.8 Å². The topological polar surface area (TPSA) is 81.1 Å². The maximum Gasteiger partial charge on any atom is 0.124 e. The molecule has 0 amide bonds. The van der Waals surface area contributed by atoms with Gasteiger partial charge in [-0.15, -0.1) is 0 Å². The van der Waals surface area contributed by atoms with Crippen LogP contribution >= 0.6 is 0 Å². The Hall–Kier alpha value is -2.23. The highest BCUT2D eigenvalue weighted by Crippen LogP contribution is 1.96. The summed E-state index contributed by atoms with van der Waals surface area (Å²) in [5, 5.41) is 2.76. The van der Waals surface area contributed by atoms with Crippen LogP contribution in [0.15, 0.2) is 54.0 Å². The van der Waals surface area contributed by atoms with Gasteiger partial charge < -0.3 is 21.6 Å². The second kappa shape index (κ2) is 14.8. The molecule has 0 aliphatic carbocycles. The molecule has 0 unspecified atom stereocenters. The fourth-order valence-corrected chi connectivity index (χ4v) is 1.01. The number of nitrogens with two attached hydrogens (primary N) is 2. The second-order valence-corrected chi connectivity index (χ2v) is 3.64. The van der Waals surface area contributed by atoms with E-state index in [1.807, 2.05) is 44.2 Å². The second-order valence-electron chi connectivity index (χ2n) is 3.64. The number of carbonyl (C=O) groups is 1. The summed E-state index contributed by atoms with van der Waals surface area (Å²) in [4.78, 5) is 9.97. The highest BCUT2D eigenvalue weighted by atomic mass is 16.1. The molecular formula is C16H27N3O. The third kappa shape index (κ3) is 13.8. The molecule has 0 bridgehead atoms. The van der Waals surface area contributed by atoms with Crippen LogP contribution in [0.5, 0.6) is 0 Å². The summed E-state index contributed by atoms with van der Waals surface area (Å²) in [6.45, 7) is 5.80. The van der Waals surface area contributed by atoms with Crippen LogP contribution in [0, 0.1) is 0 Å². The molecule has 0 saturated carbocycles. The van der Waals surface area contributed by atoms with Crippen molar-refractivity contribution in [2.24, 2.45) is 11.5 Å². The molecule has 0 aromatic heterocycles. The molecule has 1 rings (SSSR count). The van der Waals surface area contributed by atoms with Crippen molar-refractivity contribution < 1.29 is 4.79 Å². The van der Waals surface area contributed by atoms with Crippen molar-refractivity contribution in [2.75, 3.05) is 7.05 Å². The summed E-state index contributed by atoms with van der Waals surface area (Å²) in [6, 6.07) is 9.68. The largest absolute Gasteiger partial charge is 0.402 e. The Morgan fingerprint density at radius 1 is 1.15 bits per heavy atom. The average molecular weight is 277 g/mol. The first-order chi connectivity index (χ1) is 9.60. The van der Waals surface area contributed by atoms with Crippen LogP contribution in [0.25, 0.3) is 0 Å². The molecule has 4 heteroatoms. The molecule has 0 saturated heterocycles. The summed E-state index contributed by atoms with van der Waals surface area (Å²) in [5.74, 6) is 0.611. The molecule has 4 nitrogen and oxygen atoms in total. The molecule has 1 aromatic carbocycles. The van der Waals surface area contributed by atoms with Crippen molar-refractivity contribution in [3.05, 3.63) is 59.6 Å². The predicted molar refractivity (Wildman–Crippen MR) is 86.8 cm³/mol. The van der Waals surface area contributed by atoms with E-state index < -0.39 is 0 Å². The van der Waals surface area contributed by atoms with Gasteiger partial charge in [-0.25, -0.2) is 0 Å². The Morgan fingerprint density at radius 3 is 2.10 bits per heavy atom. The van der Waals surface area contributed by atoms with Gasteiger partial charge >= 0.3 is 0 Å². The maximum absolute atomic E-state index is 9.97. The first-order valence-corrected chi connectivity index (χ1v) is 6.65. The van der Waals surface area contributed by atoms with Gasteiger partial charge in [-0.2, -0.15) is 0 Å². The van der Waals surface area contributed by atoms with Gasteiger partial charge in [0.1, 0.15) is 6.29 Å². The average Bonchev–Trinajstić information content (AvgIpc) is 2.49. The van der Waals surface area contributed by atoms with Crippen molar-refractivity contribution >= 4 is 6.29 Å². The van der Waals surface area contributed by atoms with Gasteiger partial charge in [0.2, 0.25) is 0 Å². The van der Waals surface area contributed by atoms with Crippen LogP contribution in [-0.4, -0.2) is 13.3 Å². The lowest BCUT2D eigenvalue weighted by Crippen LogP contribution is -2.13. The number of hydrogen-bond acceptors (Lipinski definition) is 4. The minimum absolute atomic E-state index is 0.529. The monoisotopic (exact) mass is 277 g/mol. The normalized spacial score (nSPS) is 10.4. The number of aldehydes is 1. The van der Waals surface area contributed by atoms with E-state index in [0.29, 0.717) is 12.2 Å². The zero-order chi connectivity index (χ0) is 15.8. The number of benzene rings is 1. The van der Waals surface area contributed by atoms with Crippen molar-refractivity contribution in [2.45, 2.75) is 27.2 Å². The Labute approximate surface area is 122 Å². The molecule has 0 radical (unpaired) electrons. The van der Waals surface area contributed by atoms with Gasteiger partial charge in [-0.1, -0.05) is 44.2 Å². The van der Waals surface area contributed by atoms with E-state index in [-0.39, 0.29) is 0 Å². The lowest BCUT2D eigenvalue weighted by molar-refractivity contribution is -0.107. The predicted octanol–water partition coefficient (Wildman–Crippen LogP) is 2.32. The number of hydrogen-bond donors (Lipinski definition) is 3. The molecule has 0 aliphatic heterocycles. The van der Waals surface area contributed by atoms with Gasteiger partial charge in [-0.3, -0.25) is 0 Å². The molecular weight excluding hydrogens is 250 g/mol. The molecule has 20 heavy (non-hydrogen) atoms. The number of nitrogens with one attached hydrogen (secondary N) is 1. The molecule has 0 atom stereocenters. The van der Waals surface area contributed by atoms with E-state index in [1.54, 1.807) is 26.1 Å². The quantitative estimate of drug-likeness (QED) is 0.583. The molecule has 0 spiro atoms. The zero-order valence-electron chi connectivity index (χ0n) is 12.9. The number of rotatable bonds is 4. The van der Waals surface area contributed by atoms with E-state index in [2.05, 4.69) is 5.32 Å². The van der Waals surface area contributed by atoms with Crippen LogP contribution in [0.3, 0.4) is 0 Å². The zero-order valence-corrected chi connectivity index (χ0v) is 12.9. The minimum Gasteiger partial charge on any atom is -0.402 e. The lowest BCUT2D eigenvalue weighted by atomic mass is 10.2. The molecule has 0 fully saturated rings. The molecule has 0 aliphatic rings. The summed E-state index contributed by atoms with van der Waals surface area (Å²) in [5.41, 5.74) is 12.5. The first-order valence-electron chi connectivity index (χ1n) is 6.65. The third-order valence-corrected chi connectivity index (χ3v) is 1.98. The SMILES string of the molecule is CC.CN/C(N)=C/C=C(/C)N.O=CCc1ccccc1. The third-order valence-electron chi connectivity index (χ3n) is 1.98. The van der Waals surface area contributed by atoms with Gasteiger partial charge in [0.25, 0.3) is 0 Å². The van der Waals surface area contributed by atoms with Gasteiger partial charge in [0.15, 0.2) is 0 Å². The highest BCUT2D eigenvalue weighted by molar-refractivity contribution is 5.54. The Balaban J connectivity index is 0. The van der Waals surface area contributed by atoms with Gasteiger partial charge in [0.05, 0.1) is 5.82 Å². The standard InChI is InChI=1S/C8H8O.C6H13N3.C2H6/c9-7-6-8-4-2-1-3-5-8;1-5(7)3-4-6(8)9-2;1-2/h1-5,7H,6H2;3-4,9H,7-8H2,1-2H3;1-2H3/b;5-3-,6-4+;.